The standard InChI is InChI=1S/C19H18N4O4/c1-11(19(26)27-4)21-17(24)12(2)23-10-16-14(13-8-20-22(3)9-13)6-5-7-15(16)18(23)25/h5-9H,1-2,10H2,3-4H3,(H,21,24). The van der Waals surface area contributed by atoms with Crippen molar-refractivity contribution in [3.05, 3.63) is 66.3 Å². The van der Waals surface area contributed by atoms with Gasteiger partial charge in [0.1, 0.15) is 11.4 Å². The van der Waals surface area contributed by atoms with Crippen molar-refractivity contribution in [1.82, 2.24) is 20.0 Å². The molecule has 1 aromatic carbocycles. The summed E-state index contributed by atoms with van der Waals surface area (Å²) < 4.78 is 6.16. The topological polar surface area (TPSA) is 93.5 Å². The minimum atomic E-state index is -0.772. The van der Waals surface area contributed by atoms with Gasteiger partial charge in [-0.3, -0.25) is 19.2 Å². The molecule has 0 bridgehead atoms. The molecule has 27 heavy (non-hydrogen) atoms. The first kappa shape index (κ1) is 18.1. The Labute approximate surface area is 155 Å². The van der Waals surface area contributed by atoms with E-state index < -0.39 is 11.9 Å². The highest BCUT2D eigenvalue weighted by Crippen LogP contribution is 2.33. The smallest absolute Gasteiger partial charge is 0.353 e. The molecule has 0 aliphatic carbocycles. The molecule has 2 aromatic rings. The molecule has 0 spiro atoms. The summed E-state index contributed by atoms with van der Waals surface area (Å²) in [4.78, 5) is 37.7. The van der Waals surface area contributed by atoms with Gasteiger partial charge in [-0.05, 0) is 17.2 Å². The van der Waals surface area contributed by atoms with Crippen LogP contribution in [0.5, 0.6) is 0 Å². The monoisotopic (exact) mass is 366 g/mol. The van der Waals surface area contributed by atoms with Crippen LogP contribution in [0.25, 0.3) is 11.1 Å². The van der Waals surface area contributed by atoms with Gasteiger partial charge in [0.15, 0.2) is 0 Å². The Balaban J connectivity index is 1.84. The molecule has 8 nitrogen and oxygen atoms in total. The van der Waals surface area contributed by atoms with Crippen LogP contribution in [0.3, 0.4) is 0 Å². The molecule has 8 heteroatoms. The van der Waals surface area contributed by atoms with E-state index >= 15 is 0 Å². The third kappa shape index (κ3) is 3.24. The van der Waals surface area contributed by atoms with E-state index in [0.29, 0.717) is 5.56 Å². The summed E-state index contributed by atoms with van der Waals surface area (Å²) in [5.74, 6) is -1.81. The van der Waals surface area contributed by atoms with Gasteiger partial charge in [-0.15, -0.1) is 0 Å². The van der Waals surface area contributed by atoms with E-state index in [4.69, 9.17) is 0 Å². The second-order valence-electron chi connectivity index (χ2n) is 6.00. The Morgan fingerprint density at radius 2 is 1.96 bits per heavy atom. The highest BCUT2D eigenvalue weighted by Gasteiger charge is 2.33. The minimum absolute atomic E-state index is 0.0848. The van der Waals surface area contributed by atoms with Gasteiger partial charge in [-0.25, -0.2) is 4.79 Å². The van der Waals surface area contributed by atoms with Crippen molar-refractivity contribution in [3.63, 3.8) is 0 Å². The first-order chi connectivity index (χ1) is 12.8. The van der Waals surface area contributed by atoms with Gasteiger partial charge < -0.3 is 10.1 Å². The van der Waals surface area contributed by atoms with Crippen molar-refractivity contribution >= 4 is 17.8 Å². The molecule has 0 fully saturated rings. The summed E-state index contributed by atoms with van der Waals surface area (Å²) in [7, 11) is 2.99. The predicted molar refractivity (Wildman–Crippen MR) is 97.0 cm³/mol. The number of esters is 1. The van der Waals surface area contributed by atoms with Gasteiger partial charge in [-0.1, -0.05) is 25.3 Å². The van der Waals surface area contributed by atoms with E-state index in [0.717, 1.165) is 16.7 Å². The number of fused-ring (bicyclic) bond motifs is 1. The van der Waals surface area contributed by atoms with Crippen molar-refractivity contribution in [2.24, 2.45) is 7.05 Å². The fraction of sp³-hybridized carbons (Fsp3) is 0.158. The number of methoxy groups -OCH3 is 1. The van der Waals surface area contributed by atoms with E-state index in [1.54, 1.807) is 23.0 Å². The Hall–Kier alpha value is -3.68. The number of aryl methyl sites for hydroxylation is 1. The molecule has 1 aliphatic rings. The number of aromatic nitrogens is 2. The molecular weight excluding hydrogens is 348 g/mol. The van der Waals surface area contributed by atoms with E-state index in [2.05, 4.69) is 28.3 Å². The Morgan fingerprint density at radius 3 is 2.59 bits per heavy atom. The summed E-state index contributed by atoms with van der Waals surface area (Å²) >= 11 is 0. The van der Waals surface area contributed by atoms with Gasteiger partial charge >= 0.3 is 5.97 Å². The molecule has 2 amide bonds. The van der Waals surface area contributed by atoms with Crippen LogP contribution >= 0.6 is 0 Å². The number of hydrogen-bond donors (Lipinski definition) is 1. The molecule has 2 heterocycles. The molecule has 3 rings (SSSR count). The molecule has 1 N–H and O–H groups in total. The van der Waals surface area contributed by atoms with Crippen LogP contribution in [0.1, 0.15) is 15.9 Å². The summed E-state index contributed by atoms with van der Waals surface area (Å²) in [6, 6.07) is 5.38. The maximum Gasteiger partial charge on any atom is 0.353 e. The van der Waals surface area contributed by atoms with Gasteiger partial charge in [0.05, 0.1) is 19.9 Å². The predicted octanol–water partition coefficient (Wildman–Crippen LogP) is 1.36. The minimum Gasteiger partial charge on any atom is -0.464 e. The quantitative estimate of drug-likeness (QED) is 0.637. The Kier molecular flexibility index (Phi) is 4.64. The van der Waals surface area contributed by atoms with Gasteiger partial charge in [0, 0.05) is 24.4 Å². The molecule has 0 atom stereocenters. The van der Waals surface area contributed by atoms with Crippen molar-refractivity contribution in [2.45, 2.75) is 6.54 Å². The van der Waals surface area contributed by atoms with E-state index in [1.807, 2.05) is 19.3 Å². The number of ether oxygens (including phenoxy) is 1. The number of nitrogens with zero attached hydrogens (tertiary/aromatic N) is 3. The Bertz CT molecular complexity index is 989. The number of rotatable bonds is 5. The first-order valence-corrected chi connectivity index (χ1v) is 8.03. The highest BCUT2D eigenvalue weighted by atomic mass is 16.5. The van der Waals surface area contributed by atoms with E-state index in [1.165, 1.54) is 12.0 Å². The van der Waals surface area contributed by atoms with Crippen LogP contribution in [0, 0.1) is 0 Å². The van der Waals surface area contributed by atoms with Crippen molar-refractivity contribution < 1.29 is 19.1 Å². The van der Waals surface area contributed by atoms with Crippen LogP contribution < -0.4 is 5.32 Å². The van der Waals surface area contributed by atoms with Crippen LogP contribution in [-0.4, -0.2) is 39.6 Å². The highest BCUT2D eigenvalue weighted by molar-refractivity contribution is 6.07. The largest absolute Gasteiger partial charge is 0.464 e. The van der Waals surface area contributed by atoms with Crippen LogP contribution in [0.4, 0.5) is 0 Å². The molecule has 0 unspecified atom stereocenters. The summed E-state index contributed by atoms with van der Waals surface area (Å²) in [6.07, 6.45) is 3.56. The fourth-order valence-electron chi connectivity index (χ4n) is 2.89. The number of carbonyl (C=O) groups is 3. The maximum atomic E-state index is 12.8. The van der Waals surface area contributed by atoms with Gasteiger partial charge in [-0.2, -0.15) is 5.10 Å². The lowest BCUT2D eigenvalue weighted by Crippen LogP contribution is -2.36. The second kappa shape index (κ2) is 6.91. The average molecular weight is 366 g/mol. The summed E-state index contributed by atoms with van der Waals surface area (Å²) in [5.41, 5.74) is 2.71. The molecule has 138 valence electrons. The fourth-order valence-corrected chi connectivity index (χ4v) is 2.89. The lowest BCUT2D eigenvalue weighted by Gasteiger charge is -2.18. The van der Waals surface area contributed by atoms with E-state index in [-0.39, 0.29) is 23.8 Å². The molecule has 1 aromatic heterocycles. The number of benzene rings is 1. The third-order valence-corrected chi connectivity index (χ3v) is 4.27. The van der Waals surface area contributed by atoms with Gasteiger partial charge in [0.2, 0.25) is 0 Å². The number of nitrogens with one attached hydrogen (secondary N) is 1. The number of carbonyl (C=O) groups excluding carboxylic acids is 3. The molecular formula is C19H18N4O4. The zero-order valence-corrected chi connectivity index (χ0v) is 15.0. The van der Waals surface area contributed by atoms with Crippen molar-refractivity contribution in [2.75, 3.05) is 7.11 Å². The number of hydrogen-bond acceptors (Lipinski definition) is 5. The van der Waals surface area contributed by atoms with Crippen molar-refractivity contribution in [3.8, 4) is 11.1 Å². The number of amides is 2. The van der Waals surface area contributed by atoms with Gasteiger partial charge in [0.25, 0.3) is 11.8 Å². The van der Waals surface area contributed by atoms with Crippen molar-refractivity contribution in [1.29, 1.82) is 0 Å². The van der Waals surface area contributed by atoms with Crippen LogP contribution in [0.2, 0.25) is 0 Å². The zero-order valence-electron chi connectivity index (χ0n) is 15.0. The summed E-state index contributed by atoms with van der Waals surface area (Å²) in [5, 5.41) is 6.45. The van der Waals surface area contributed by atoms with Crippen LogP contribution in [0.15, 0.2) is 55.1 Å². The average Bonchev–Trinajstić information content (AvgIpc) is 3.23. The molecule has 0 saturated carbocycles. The lowest BCUT2D eigenvalue weighted by atomic mass is 9.99. The Morgan fingerprint density at radius 1 is 1.26 bits per heavy atom. The second-order valence-corrected chi connectivity index (χ2v) is 6.00. The molecule has 0 radical (unpaired) electrons. The first-order valence-electron chi connectivity index (χ1n) is 8.03. The third-order valence-electron chi connectivity index (χ3n) is 4.27. The normalized spacial score (nSPS) is 12.5. The lowest BCUT2D eigenvalue weighted by molar-refractivity contribution is -0.137. The zero-order chi connectivity index (χ0) is 19.7. The van der Waals surface area contributed by atoms with E-state index in [9.17, 15) is 14.4 Å². The maximum absolute atomic E-state index is 12.8. The molecule has 1 aliphatic heterocycles. The SMILES string of the molecule is C=C(NC(=O)C(=C)N1Cc2c(cccc2-c2cnn(C)c2)C1=O)C(=O)OC. The summed E-state index contributed by atoms with van der Waals surface area (Å²) in [6.45, 7) is 7.32. The van der Waals surface area contributed by atoms with Crippen LogP contribution in [-0.2, 0) is 27.9 Å². The molecule has 0 saturated heterocycles.